The van der Waals surface area contributed by atoms with Crippen LogP contribution in [-0.4, -0.2) is 0 Å². The molecule has 604 valence electrons. The van der Waals surface area contributed by atoms with Gasteiger partial charge in [-0.1, -0.05) is 426 Å². The van der Waals surface area contributed by atoms with Crippen molar-refractivity contribution in [1.82, 2.24) is 0 Å². The molecule has 123 heavy (non-hydrogen) atoms. The fraction of sp³-hybridized carbons (Fsp3) is 0.207. The van der Waals surface area contributed by atoms with Gasteiger partial charge in [-0.2, -0.15) is 0 Å². The third-order valence-electron chi connectivity index (χ3n) is 28.2. The number of hydrogen-bond donors (Lipinski definition) is 0. The molecule has 0 radical (unpaired) electrons. The third-order valence-corrected chi connectivity index (χ3v) is 28.4. The largest absolute Gasteiger partial charge is 0.310 e. The number of para-hydroxylation sites is 1. The molecule has 22 rings (SSSR count). The van der Waals surface area contributed by atoms with Gasteiger partial charge in [-0.05, 0) is 266 Å². The predicted octanol–water partition coefficient (Wildman–Crippen LogP) is 32.6. The van der Waals surface area contributed by atoms with E-state index >= 15 is 0 Å². The molecule has 0 unspecified atom stereocenters. The average molecular weight is 1610 g/mol. The second-order valence-corrected chi connectivity index (χ2v) is 40.9. The molecule has 6 aliphatic rings. The van der Waals surface area contributed by atoms with Crippen molar-refractivity contribution in [2.24, 2.45) is 0 Å². The Bertz CT molecular complexity index is 6790. The Morgan fingerprint density at radius 3 is 0.902 bits per heavy atom. The van der Waals surface area contributed by atoms with E-state index in [1.165, 1.54) is 189 Å². The Balaban J connectivity index is 0.000000132. The Morgan fingerprint density at radius 2 is 0.504 bits per heavy atom. The average Bonchev–Trinajstić information content (AvgIpc) is 1.51. The maximum Gasteiger partial charge on any atom is 0.0726 e. The standard InChI is InChI=1S/C60H53N.C40H38.C21H17Cl/c1-57(2,3)39-27-32-47-48-33-28-40(58(4,5)6)36-54(48)60(53(47)35-39)52-24-15-13-19-45(52)49-34-31-43(37-55(49)60)61(41-17-10-9-11-18-41)42-29-25-38(26-30-42)44-21-16-22-50-46-20-12-14-23-51(46)59(7,8)56(44)50;1-38(2,3)28-17-20-32-33-21-18-29(39(4,5)6)25-37(33)40(36(32)24-28)34-15-11-10-14-30(34)31-19-16-27(23-35(31)40)22-26-12-8-7-9-13-26;1-21(2)19-9-4-3-6-17(19)18-8-5-7-16(20(18)21)14-10-12-15(22)13-11-14/h9-37H,1-8H3;7-21,23-25H,22H2,1-6H3;3-13H,1-2H3. The molecule has 6 aliphatic carbocycles. The van der Waals surface area contributed by atoms with Gasteiger partial charge in [0, 0.05) is 32.9 Å². The van der Waals surface area contributed by atoms with Gasteiger partial charge in [0.25, 0.3) is 0 Å². The van der Waals surface area contributed by atoms with Crippen LogP contribution in [0.2, 0.25) is 5.02 Å². The zero-order chi connectivity index (χ0) is 85.2. The van der Waals surface area contributed by atoms with Crippen LogP contribution in [0.4, 0.5) is 17.1 Å². The zero-order valence-electron chi connectivity index (χ0n) is 74.0. The van der Waals surface area contributed by atoms with Gasteiger partial charge in [0.05, 0.1) is 10.8 Å². The van der Waals surface area contributed by atoms with Gasteiger partial charge >= 0.3 is 0 Å². The molecule has 0 N–H and O–H groups in total. The summed E-state index contributed by atoms with van der Waals surface area (Å²) < 4.78 is 0. The summed E-state index contributed by atoms with van der Waals surface area (Å²) >= 11 is 6.05. The van der Waals surface area contributed by atoms with Gasteiger partial charge in [-0.3, -0.25) is 0 Å². The number of rotatable bonds is 7. The molecule has 0 aromatic heterocycles. The summed E-state index contributed by atoms with van der Waals surface area (Å²) in [6.07, 6.45) is 0.935. The molecule has 0 aliphatic heterocycles. The zero-order valence-corrected chi connectivity index (χ0v) is 74.8. The van der Waals surface area contributed by atoms with Crippen molar-refractivity contribution < 1.29 is 0 Å². The first kappa shape index (κ1) is 79.1. The van der Waals surface area contributed by atoms with Crippen LogP contribution in [0, 0.1) is 0 Å². The molecular formula is C121H108ClN. The van der Waals surface area contributed by atoms with E-state index < -0.39 is 5.41 Å². The minimum absolute atomic E-state index is 0.000197. The van der Waals surface area contributed by atoms with E-state index in [2.05, 4.69) is 455 Å². The van der Waals surface area contributed by atoms with Gasteiger partial charge in [0.2, 0.25) is 0 Å². The summed E-state index contributed by atoms with van der Waals surface area (Å²) in [6, 6.07) is 132. The van der Waals surface area contributed by atoms with Crippen LogP contribution in [-0.2, 0) is 49.7 Å². The second-order valence-electron chi connectivity index (χ2n) is 40.4. The summed E-state index contributed by atoms with van der Waals surface area (Å²) in [5.41, 5.74) is 49.0. The lowest BCUT2D eigenvalue weighted by atomic mass is 9.68. The maximum atomic E-state index is 6.05. The summed E-state index contributed by atoms with van der Waals surface area (Å²) in [7, 11) is 0. The number of halogens is 1. The predicted molar refractivity (Wildman–Crippen MR) is 522 cm³/mol. The van der Waals surface area contributed by atoms with Gasteiger partial charge < -0.3 is 4.90 Å². The minimum atomic E-state index is -0.473. The molecule has 0 atom stereocenters. The Kier molecular flexibility index (Phi) is 18.6. The first-order valence-corrected chi connectivity index (χ1v) is 44.6. The molecule has 16 aromatic rings. The van der Waals surface area contributed by atoms with Crippen LogP contribution < -0.4 is 4.90 Å². The molecule has 1 nitrogen and oxygen atoms in total. The molecule has 2 heteroatoms. The number of benzene rings is 16. The summed E-state index contributed by atoms with van der Waals surface area (Å²) in [5.74, 6) is 0. The Labute approximate surface area is 734 Å². The molecule has 2 spiro atoms. The second kappa shape index (κ2) is 28.9. The smallest absolute Gasteiger partial charge is 0.0726 e. The van der Waals surface area contributed by atoms with E-state index in [1.807, 2.05) is 12.1 Å². The third kappa shape index (κ3) is 12.6. The van der Waals surface area contributed by atoms with E-state index in [1.54, 1.807) is 0 Å². The number of nitrogens with zero attached hydrogens (tertiary/aromatic N) is 1. The molecule has 0 amide bonds. The van der Waals surface area contributed by atoms with Crippen LogP contribution >= 0.6 is 11.6 Å². The number of anilines is 3. The van der Waals surface area contributed by atoms with E-state index in [9.17, 15) is 0 Å². The van der Waals surface area contributed by atoms with Gasteiger partial charge in [0.1, 0.15) is 0 Å². The fourth-order valence-electron chi connectivity index (χ4n) is 22.0. The highest BCUT2D eigenvalue weighted by atomic mass is 35.5. The maximum absolute atomic E-state index is 6.05. The van der Waals surface area contributed by atoms with Crippen LogP contribution in [0.25, 0.3) is 89.0 Å². The van der Waals surface area contributed by atoms with Crippen LogP contribution in [0.3, 0.4) is 0 Å². The molecule has 0 saturated heterocycles. The van der Waals surface area contributed by atoms with Gasteiger partial charge in [0.15, 0.2) is 0 Å². The van der Waals surface area contributed by atoms with Crippen molar-refractivity contribution in [3.63, 3.8) is 0 Å². The highest BCUT2D eigenvalue weighted by Gasteiger charge is 2.55. The molecular weight excluding hydrogens is 1500 g/mol. The van der Waals surface area contributed by atoms with E-state index in [4.69, 9.17) is 11.6 Å². The molecule has 0 saturated carbocycles. The highest BCUT2D eigenvalue weighted by molar-refractivity contribution is 6.30. The van der Waals surface area contributed by atoms with Crippen molar-refractivity contribution in [2.45, 2.75) is 161 Å². The first-order chi connectivity index (χ1) is 58.9. The molecule has 0 fully saturated rings. The van der Waals surface area contributed by atoms with Crippen molar-refractivity contribution in [1.29, 1.82) is 0 Å². The summed E-state index contributed by atoms with van der Waals surface area (Å²) in [5, 5.41) is 0.777. The SMILES string of the molecule is CC(C)(C)c1ccc2c(c1)C1(c3ccccc3-c3ccc(Cc4ccccc4)cc31)c1cc(C(C)(C)C)ccc1-2.CC(C)(C)c1ccc2c(c1)C1(c3ccccc3-c3ccc(N(c4ccccc4)c4ccc(-c5cccc6c5C(C)(C)c5ccccc5-6)cc4)cc31)c1cc(C(C)(C)C)ccc1-2.CC1(C)c2ccccc2-c2cccc(-c3ccc(Cl)cc3)c21. The first-order valence-electron chi connectivity index (χ1n) is 44.3. The van der Waals surface area contributed by atoms with E-state index in [-0.39, 0.29) is 37.9 Å². The van der Waals surface area contributed by atoms with Crippen molar-refractivity contribution in [2.75, 3.05) is 4.90 Å². The van der Waals surface area contributed by atoms with E-state index in [0.29, 0.717) is 0 Å². The topological polar surface area (TPSA) is 3.24 Å². The minimum Gasteiger partial charge on any atom is -0.310 e. The normalized spacial score (nSPS) is 14.7. The van der Waals surface area contributed by atoms with Gasteiger partial charge in [-0.15, -0.1) is 0 Å². The lowest BCUT2D eigenvalue weighted by molar-refractivity contribution is 0.586. The van der Waals surface area contributed by atoms with Crippen molar-refractivity contribution >= 4 is 28.7 Å². The lowest BCUT2D eigenvalue weighted by Crippen LogP contribution is -2.27. The van der Waals surface area contributed by atoms with E-state index in [0.717, 1.165) is 28.5 Å². The number of fused-ring (bicyclic) bond motifs is 26. The Morgan fingerprint density at radius 1 is 0.220 bits per heavy atom. The molecule has 16 aromatic carbocycles. The molecule has 0 heterocycles. The monoisotopic (exact) mass is 1610 g/mol. The fourth-order valence-corrected chi connectivity index (χ4v) is 22.1. The van der Waals surface area contributed by atoms with Crippen molar-refractivity contribution in [3.05, 3.63) is 457 Å². The summed E-state index contributed by atoms with van der Waals surface area (Å²) in [6.45, 7) is 37.4. The summed E-state index contributed by atoms with van der Waals surface area (Å²) in [4.78, 5) is 2.45. The Hall–Kier alpha value is -12.4. The highest BCUT2D eigenvalue weighted by Crippen LogP contribution is 2.67. The van der Waals surface area contributed by atoms with Gasteiger partial charge in [-0.25, -0.2) is 0 Å². The lowest BCUT2D eigenvalue weighted by Gasteiger charge is -2.34. The number of hydrogen-bond acceptors (Lipinski definition) is 1. The van der Waals surface area contributed by atoms with Crippen LogP contribution in [0.1, 0.15) is 211 Å². The molecule has 0 bridgehead atoms. The van der Waals surface area contributed by atoms with Crippen LogP contribution in [0.15, 0.2) is 352 Å². The quantitative estimate of drug-likeness (QED) is 0.154. The van der Waals surface area contributed by atoms with Crippen LogP contribution in [0.5, 0.6) is 0 Å². The van der Waals surface area contributed by atoms with Crippen molar-refractivity contribution in [3.8, 4) is 89.0 Å².